The maximum Gasteiger partial charge on any atom is 0.317 e. The molecule has 1 amide bonds. The number of aliphatic hydroxyl groups is 22. The molecule has 8 heterocycles. The number of fused-ring (bicyclic) bond motifs is 7. The first kappa shape index (κ1) is 109. The molecule has 0 aromatic rings. The predicted octanol–water partition coefficient (Wildman–Crippen LogP) is -5.57. The third kappa shape index (κ3) is 21.2. The summed E-state index contributed by atoms with van der Waals surface area (Å²) in [5, 5.41) is 248. The van der Waals surface area contributed by atoms with Gasteiger partial charge in [0.2, 0.25) is 12.2 Å². The van der Waals surface area contributed by atoms with Crippen molar-refractivity contribution in [2.45, 2.75) is 424 Å². The number of allylic oxidation sites excluding steroid dienone is 2. The molecule has 23 N–H and O–H groups in total. The van der Waals surface area contributed by atoms with E-state index in [0.29, 0.717) is 51.4 Å². The van der Waals surface area contributed by atoms with Crippen LogP contribution in [0.25, 0.3) is 0 Å². The minimum atomic E-state index is -2.17. The Labute approximate surface area is 782 Å². The summed E-state index contributed by atoms with van der Waals surface area (Å²) in [4.78, 5) is 58.9. The van der Waals surface area contributed by atoms with Crippen molar-refractivity contribution in [3.63, 3.8) is 0 Å². The maximum atomic E-state index is 16.4. The van der Waals surface area contributed by atoms with Gasteiger partial charge in [-0.1, -0.05) is 93.7 Å². The average molecular weight is 1950 g/mol. The van der Waals surface area contributed by atoms with E-state index in [1.807, 2.05) is 20.8 Å². The van der Waals surface area contributed by atoms with Gasteiger partial charge >= 0.3 is 11.9 Å². The fraction of sp³-hybridized carbons (Fsp3) is 0.934. The van der Waals surface area contributed by atoms with Crippen molar-refractivity contribution in [3.05, 3.63) is 11.6 Å². The van der Waals surface area contributed by atoms with Gasteiger partial charge in [-0.2, -0.15) is 0 Å². The quantitative estimate of drug-likeness (QED) is 0.0124. The molecule has 8 saturated heterocycles. The van der Waals surface area contributed by atoms with Gasteiger partial charge in [-0.15, -0.1) is 0 Å². The highest BCUT2D eigenvalue weighted by atomic mass is 16.8. The van der Waals surface area contributed by atoms with Crippen LogP contribution >= 0.6 is 0 Å². The zero-order chi connectivity index (χ0) is 98.9. The van der Waals surface area contributed by atoms with Gasteiger partial charge in [-0.25, -0.2) is 0 Å². The molecule has 44 heteroatoms. The first-order valence-corrected chi connectivity index (χ1v) is 47.8. The number of carbonyl (C=O) groups excluding carboxylic acids is 4. The lowest BCUT2D eigenvalue weighted by Gasteiger charge is -2.71. The van der Waals surface area contributed by atoms with Crippen LogP contribution in [0.2, 0.25) is 0 Å². The van der Waals surface area contributed by atoms with Gasteiger partial charge in [0.25, 0.3) is 0 Å². The van der Waals surface area contributed by atoms with E-state index >= 15 is 4.79 Å². The lowest BCUT2D eigenvalue weighted by atomic mass is 9.33. The standard InChI is InChI=1S/C91H149NO43/c1-13-37(3)48(125-57(104)26-42(98)24-49(38(4)14-2)126-79-66(112)61(107)51(30-94)127-79)23-41(97)25-56(103)92-58-39(5)123-82(73(62(58)108)133-78-68(114)64(110)70(40(6)124-78)130-77-69(115)71(46(100)32-120-77)131-83-75(116)90(118,35-96)36-122-83)135-84(117)91-22-21-85(7,8)27-44(91)43-15-16-53-86(9)19-18-55(87(10,34-95)52(86)17-20-88(53,11)89(43,12)28-54(91)102)129-81-74(134-80-67(113)63(109)60(106)50(29-93)128-80)72(47(101)33-121-81)132-76-65(111)59(105)45(99)31-119-76/h15,34,37-42,44-55,58-83,93-94,96-102,105-116,118H,13-14,16-33,35-36H2,1-12H3,(H,92,103)/t37-,38-,39?,40?,41-,42-,44?,45+,46+,47+,48-,49-,50?,51-,52+,53?,54?,55-,58-,59-,60-,61?,62?,63-,64?,65?,66?,67?,68?,69?,70-,71?,72-,73?,74?,75?,76-,77-,78-,79+,80-,81-,82-,83-,86?,87+,88-,89+,90-,91+/m0/s1. The smallest absolute Gasteiger partial charge is 0.317 e. The van der Waals surface area contributed by atoms with Gasteiger partial charge in [-0.05, 0) is 123 Å². The molecule has 0 spiro atoms. The number of aliphatic hydroxyl groups excluding tert-OH is 21. The highest BCUT2D eigenvalue weighted by Gasteiger charge is 2.74. The van der Waals surface area contributed by atoms with E-state index in [9.17, 15) is 127 Å². The third-order valence-corrected chi connectivity index (χ3v) is 33.1. The number of aldehydes is 1. The Morgan fingerprint density at radius 3 is 1.72 bits per heavy atom. The Hall–Kier alpha value is -3.66. The van der Waals surface area contributed by atoms with Crippen LogP contribution in [0, 0.1) is 62.1 Å². The molecule has 0 aromatic heterocycles. The molecule has 776 valence electrons. The van der Waals surface area contributed by atoms with Crippen LogP contribution in [0.4, 0.5) is 0 Å². The fourth-order valence-corrected chi connectivity index (χ4v) is 24.0. The fourth-order valence-electron chi connectivity index (χ4n) is 24.0. The minimum Gasteiger partial charge on any atom is -0.462 e. The molecule has 0 radical (unpaired) electrons. The summed E-state index contributed by atoms with van der Waals surface area (Å²) >= 11 is 0. The van der Waals surface area contributed by atoms with Crippen LogP contribution in [-0.4, -0.2) is 428 Å². The van der Waals surface area contributed by atoms with E-state index in [2.05, 4.69) is 46.0 Å². The molecule has 44 nitrogen and oxygen atoms in total. The number of hydrogen-bond acceptors (Lipinski definition) is 43. The Morgan fingerprint density at radius 1 is 0.526 bits per heavy atom. The van der Waals surface area contributed by atoms with Crippen molar-refractivity contribution in [2.24, 2.45) is 62.1 Å². The van der Waals surface area contributed by atoms with E-state index in [4.69, 9.17) is 80.5 Å². The van der Waals surface area contributed by atoms with E-state index in [0.717, 1.165) is 11.9 Å². The van der Waals surface area contributed by atoms with Crippen molar-refractivity contribution < 1.29 is 212 Å². The normalized spacial score (nSPS) is 49.0. The largest absolute Gasteiger partial charge is 0.462 e. The van der Waals surface area contributed by atoms with Crippen LogP contribution in [0.5, 0.6) is 0 Å². The number of hydrogen-bond donors (Lipinski definition) is 23. The zero-order valence-corrected chi connectivity index (χ0v) is 78.5. The lowest BCUT2D eigenvalue weighted by Crippen LogP contribution is -2.69. The van der Waals surface area contributed by atoms with Gasteiger partial charge in [0.15, 0.2) is 50.1 Å². The van der Waals surface area contributed by atoms with E-state index in [-0.39, 0.29) is 43.9 Å². The van der Waals surface area contributed by atoms with Crippen molar-refractivity contribution in [3.8, 4) is 0 Å². The Kier molecular flexibility index (Phi) is 34.9. The molecule has 13 aliphatic rings. The second kappa shape index (κ2) is 43.3. The molecule has 19 unspecified atom stereocenters. The molecule has 135 heavy (non-hydrogen) atoms. The molecule has 0 aromatic carbocycles. The first-order chi connectivity index (χ1) is 63.5. The third-order valence-electron chi connectivity index (χ3n) is 33.1. The summed E-state index contributed by atoms with van der Waals surface area (Å²) < 4.78 is 103. The number of esters is 2. The monoisotopic (exact) mass is 1940 g/mol. The number of amides is 1. The molecule has 13 rings (SSSR count). The average Bonchev–Trinajstić information content (AvgIpc) is 0.905. The zero-order valence-electron chi connectivity index (χ0n) is 78.5. The van der Waals surface area contributed by atoms with Gasteiger partial charge < -0.3 is 203 Å². The number of carbonyl (C=O) groups is 4. The molecular formula is C91H149NO43. The SMILES string of the molecule is CC[C@H](C)[C@H](C[C@H](O)CC(=O)N[C@H]1C(C)O[C@@H](OC(=O)[C@]23CCC(C)(C)CC2C2=CCC4C5(C)CC[C@H](O[C@@H]6OC[C@@H](O)[C@H](O[C@@H]7OC[C@@H](O)[C@H](O)C7O)C6O[C@@H]6OC(CO)[C@H](O)[C@H](O)C6O)[C@](C)(C=O)[C@@H]5CC[C@]4(C)[C@]2(C)CC3O)C(O[C@@H]2OC(C)[C@H](O[C@@H]3OC[C@@H](O)C(O[C@@H]4OC[C@@](O)(CO)C4O)C3O)C(O)C2O)C1O)OC(=O)C[C@@H](O)C[C@H](O[C@@H]1O[C@@H](CO)C(O)C1O)[C@@H](C)CC. The summed E-state index contributed by atoms with van der Waals surface area (Å²) in [5.41, 5.74) is -7.09. The van der Waals surface area contributed by atoms with E-state index in [1.165, 1.54) is 13.8 Å². The first-order valence-electron chi connectivity index (χ1n) is 47.8. The lowest BCUT2D eigenvalue weighted by molar-refractivity contribution is -0.384. The van der Waals surface area contributed by atoms with Crippen molar-refractivity contribution >= 4 is 24.1 Å². The van der Waals surface area contributed by atoms with E-state index in [1.54, 1.807) is 13.8 Å². The Morgan fingerprint density at radius 2 is 1.07 bits per heavy atom. The minimum absolute atomic E-state index is 0.00132. The molecule has 0 bridgehead atoms. The van der Waals surface area contributed by atoms with Crippen LogP contribution in [0.1, 0.15) is 179 Å². The molecule has 50 atom stereocenters. The summed E-state index contributed by atoms with van der Waals surface area (Å²) in [6.07, 6.45) is -57.1. The van der Waals surface area contributed by atoms with E-state index < -0.39 is 372 Å². The van der Waals surface area contributed by atoms with Crippen molar-refractivity contribution in [1.82, 2.24) is 5.32 Å². The topological polar surface area (TPSA) is 682 Å². The molecule has 4 saturated carbocycles. The van der Waals surface area contributed by atoms with Crippen LogP contribution in [-0.2, 0) is 99.7 Å². The Balaban J connectivity index is 0.739. The van der Waals surface area contributed by atoms with Gasteiger partial charge in [0.1, 0.15) is 152 Å². The molecule has 8 aliphatic heterocycles. The van der Waals surface area contributed by atoms with Crippen molar-refractivity contribution in [2.75, 3.05) is 46.2 Å². The molecular weight excluding hydrogens is 1790 g/mol. The van der Waals surface area contributed by atoms with Gasteiger partial charge in [-0.3, -0.25) is 14.4 Å². The summed E-state index contributed by atoms with van der Waals surface area (Å²) in [5.74, 6) is -4.80. The predicted molar refractivity (Wildman–Crippen MR) is 453 cm³/mol. The Bertz CT molecular complexity index is 3960. The van der Waals surface area contributed by atoms with Crippen LogP contribution in [0.15, 0.2) is 11.6 Å². The van der Waals surface area contributed by atoms with Crippen LogP contribution in [0.3, 0.4) is 0 Å². The number of nitrogens with one attached hydrogen (secondary N) is 1. The number of rotatable bonds is 34. The highest BCUT2D eigenvalue weighted by molar-refractivity contribution is 5.80. The molecule has 5 aliphatic carbocycles. The molecule has 12 fully saturated rings. The summed E-state index contributed by atoms with van der Waals surface area (Å²) in [7, 11) is 0. The summed E-state index contributed by atoms with van der Waals surface area (Å²) in [6.45, 7) is 17.8. The number of ether oxygens (including phenoxy) is 17. The van der Waals surface area contributed by atoms with Crippen molar-refractivity contribution in [1.29, 1.82) is 0 Å². The van der Waals surface area contributed by atoms with Gasteiger partial charge in [0, 0.05) is 12.8 Å². The highest BCUT2D eigenvalue weighted by Crippen LogP contribution is 2.76. The maximum absolute atomic E-state index is 16.4. The van der Waals surface area contributed by atoms with Crippen LogP contribution < -0.4 is 5.32 Å². The second-order valence-electron chi connectivity index (χ2n) is 42.2. The van der Waals surface area contributed by atoms with Gasteiger partial charge in [0.05, 0.1) is 113 Å². The summed E-state index contributed by atoms with van der Waals surface area (Å²) in [6, 6.07) is -1.53. The second-order valence-corrected chi connectivity index (χ2v) is 42.2.